The van der Waals surface area contributed by atoms with Crippen molar-refractivity contribution in [3.63, 3.8) is 0 Å². The van der Waals surface area contributed by atoms with Crippen LogP contribution in [-0.2, 0) is 5.41 Å². The largest absolute Gasteiger partial charge is 0.456 e. The lowest BCUT2D eigenvalue weighted by Gasteiger charge is -2.33. The van der Waals surface area contributed by atoms with Crippen LogP contribution in [0.2, 0.25) is 0 Å². The fourth-order valence-electron chi connectivity index (χ4n) is 5.74. The molecule has 0 saturated heterocycles. The van der Waals surface area contributed by atoms with E-state index in [1.54, 1.807) is 0 Å². The van der Waals surface area contributed by atoms with Crippen LogP contribution in [0, 0.1) is 0 Å². The van der Waals surface area contributed by atoms with Crippen LogP contribution < -0.4 is 0 Å². The first-order chi connectivity index (χ1) is 16.3. The van der Waals surface area contributed by atoms with E-state index < -0.39 is 5.41 Å². The molecule has 33 heavy (non-hydrogen) atoms. The maximum Gasteiger partial charge on any atom is 0.140 e. The van der Waals surface area contributed by atoms with Crippen molar-refractivity contribution < 1.29 is 4.42 Å². The van der Waals surface area contributed by atoms with Gasteiger partial charge in [-0.2, -0.15) is 0 Å². The second-order valence-corrected chi connectivity index (χ2v) is 9.55. The summed E-state index contributed by atoms with van der Waals surface area (Å²) in [6, 6.07) is 41.2. The van der Waals surface area contributed by atoms with Crippen LogP contribution in [0.25, 0.3) is 33.1 Å². The lowest BCUT2D eigenvalue weighted by molar-refractivity contribution is 0.648. The van der Waals surface area contributed by atoms with Gasteiger partial charge in [0.1, 0.15) is 11.2 Å². The first-order valence-corrected chi connectivity index (χ1v) is 11.9. The first kappa shape index (κ1) is 18.9. The Balaban J connectivity index is 1.72. The SMILES string of the molecule is Brc1ccc2c(c1)C(c1ccccc1)(c1cccc3c1oc1ccccc13)c1ccccc1-2. The van der Waals surface area contributed by atoms with Gasteiger partial charge in [0.2, 0.25) is 0 Å². The normalized spacial score (nSPS) is 16.8. The minimum absolute atomic E-state index is 0.482. The Hall–Kier alpha value is -3.62. The van der Waals surface area contributed by atoms with Crippen LogP contribution in [-0.4, -0.2) is 0 Å². The van der Waals surface area contributed by atoms with Gasteiger partial charge in [0.15, 0.2) is 0 Å². The second kappa shape index (κ2) is 6.94. The molecule has 0 amide bonds. The van der Waals surface area contributed by atoms with Crippen molar-refractivity contribution in [2.24, 2.45) is 0 Å². The summed E-state index contributed by atoms with van der Waals surface area (Å²) in [5.41, 5.74) is 8.91. The molecule has 0 aliphatic heterocycles. The monoisotopic (exact) mass is 486 g/mol. The fourth-order valence-corrected chi connectivity index (χ4v) is 6.10. The third kappa shape index (κ3) is 2.47. The summed E-state index contributed by atoms with van der Waals surface area (Å²) < 4.78 is 7.67. The Morgan fingerprint density at radius 1 is 0.545 bits per heavy atom. The van der Waals surface area contributed by atoms with Gasteiger partial charge in [-0.3, -0.25) is 0 Å². The highest BCUT2D eigenvalue weighted by molar-refractivity contribution is 9.10. The predicted octanol–water partition coefficient (Wildman–Crippen LogP) is 8.71. The smallest absolute Gasteiger partial charge is 0.140 e. The highest BCUT2D eigenvalue weighted by Crippen LogP contribution is 2.58. The number of fused-ring (bicyclic) bond motifs is 6. The lowest BCUT2D eigenvalue weighted by Crippen LogP contribution is -2.28. The molecule has 0 N–H and O–H groups in total. The third-order valence-electron chi connectivity index (χ3n) is 7.02. The molecule has 1 aromatic heterocycles. The summed E-state index contributed by atoms with van der Waals surface area (Å²) in [5.74, 6) is 0. The van der Waals surface area contributed by atoms with E-state index in [0.29, 0.717) is 0 Å². The molecule has 0 radical (unpaired) electrons. The van der Waals surface area contributed by atoms with E-state index in [1.165, 1.54) is 33.4 Å². The molecular weight excluding hydrogens is 468 g/mol. The molecule has 5 aromatic carbocycles. The summed E-state index contributed by atoms with van der Waals surface area (Å²) in [4.78, 5) is 0. The summed E-state index contributed by atoms with van der Waals surface area (Å²) in [6.07, 6.45) is 0. The number of furan rings is 1. The van der Waals surface area contributed by atoms with Crippen LogP contribution in [0.15, 0.2) is 124 Å². The van der Waals surface area contributed by atoms with Gasteiger partial charge in [-0.15, -0.1) is 0 Å². The molecule has 1 atom stereocenters. The molecular formula is C31H19BrO. The third-order valence-corrected chi connectivity index (χ3v) is 7.52. The maximum atomic E-state index is 6.59. The van der Waals surface area contributed by atoms with Gasteiger partial charge in [-0.05, 0) is 46.0 Å². The van der Waals surface area contributed by atoms with E-state index >= 15 is 0 Å². The van der Waals surface area contributed by atoms with Crippen molar-refractivity contribution in [1.29, 1.82) is 0 Å². The number of benzene rings is 5. The molecule has 6 aromatic rings. The number of hydrogen-bond donors (Lipinski definition) is 0. The molecule has 1 unspecified atom stereocenters. The zero-order chi connectivity index (χ0) is 22.0. The van der Waals surface area contributed by atoms with Crippen LogP contribution in [0.1, 0.15) is 22.3 Å². The van der Waals surface area contributed by atoms with Crippen LogP contribution in [0.4, 0.5) is 0 Å². The van der Waals surface area contributed by atoms with Crippen molar-refractivity contribution in [1.82, 2.24) is 0 Å². The van der Waals surface area contributed by atoms with E-state index in [0.717, 1.165) is 26.4 Å². The highest BCUT2D eigenvalue weighted by atomic mass is 79.9. The zero-order valence-corrected chi connectivity index (χ0v) is 19.3. The summed E-state index contributed by atoms with van der Waals surface area (Å²) >= 11 is 3.76. The topological polar surface area (TPSA) is 13.1 Å². The number of halogens is 1. The molecule has 7 rings (SSSR count). The molecule has 1 aliphatic carbocycles. The molecule has 1 heterocycles. The molecule has 0 spiro atoms. The zero-order valence-electron chi connectivity index (χ0n) is 17.8. The second-order valence-electron chi connectivity index (χ2n) is 8.63. The average molecular weight is 487 g/mol. The average Bonchev–Trinajstić information content (AvgIpc) is 3.38. The van der Waals surface area contributed by atoms with Crippen molar-refractivity contribution in [2.75, 3.05) is 0 Å². The first-order valence-electron chi connectivity index (χ1n) is 11.1. The minimum Gasteiger partial charge on any atom is -0.456 e. The molecule has 156 valence electrons. The Morgan fingerprint density at radius 3 is 2.15 bits per heavy atom. The molecule has 0 fully saturated rings. The quantitative estimate of drug-likeness (QED) is 0.238. The summed E-state index contributed by atoms with van der Waals surface area (Å²) in [6.45, 7) is 0. The van der Waals surface area contributed by atoms with Crippen LogP contribution in [0.5, 0.6) is 0 Å². The molecule has 1 aliphatic rings. The van der Waals surface area contributed by atoms with Gasteiger partial charge in [0.05, 0.1) is 5.41 Å². The maximum absolute atomic E-state index is 6.59. The van der Waals surface area contributed by atoms with E-state index in [2.05, 4.69) is 125 Å². The van der Waals surface area contributed by atoms with E-state index in [9.17, 15) is 0 Å². The fraction of sp³-hybridized carbons (Fsp3) is 0.0323. The Morgan fingerprint density at radius 2 is 1.24 bits per heavy atom. The van der Waals surface area contributed by atoms with Gasteiger partial charge >= 0.3 is 0 Å². The Bertz CT molecular complexity index is 1680. The standard InChI is InChI=1S/C31H19BrO/c32-21-17-18-23-22-11-4-6-14-26(22)31(28(23)19-21,20-9-2-1-3-10-20)27-15-8-13-25-24-12-5-7-16-29(24)33-30(25)27/h1-19H. The van der Waals surface area contributed by atoms with Crippen molar-refractivity contribution >= 4 is 37.9 Å². The van der Waals surface area contributed by atoms with Gasteiger partial charge < -0.3 is 4.42 Å². The highest BCUT2D eigenvalue weighted by Gasteiger charge is 2.47. The van der Waals surface area contributed by atoms with Crippen LogP contribution in [0.3, 0.4) is 0 Å². The Labute approximate surface area is 200 Å². The summed E-state index contributed by atoms with van der Waals surface area (Å²) in [5, 5.41) is 2.30. The Kier molecular flexibility index (Phi) is 3.97. The number of rotatable bonds is 2. The lowest BCUT2D eigenvalue weighted by atomic mass is 9.67. The van der Waals surface area contributed by atoms with Gasteiger partial charge in [0.25, 0.3) is 0 Å². The number of para-hydroxylation sites is 2. The minimum atomic E-state index is -0.482. The molecule has 1 nitrogen and oxygen atoms in total. The van der Waals surface area contributed by atoms with Gasteiger partial charge in [0, 0.05) is 20.8 Å². The van der Waals surface area contributed by atoms with Crippen molar-refractivity contribution in [3.05, 3.63) is 142 Å². The van der Waals surface area contributed by atoms with Crippen LogP contribution >= 0.6 is 15.9 Å². The van der Waals surface area contributed by atoms with E-state index in [1.807, 2.05) is 6.07 Å². The molecule has 0 bridgehead atoms. The predicted molar refractivity (Wildman–Crippen MR) is 139 cm³/mol. The molecule has 0 saturated carbocycles. The van der Waals surface area contributed by atoms with Crippen molar-refractivity contribution in [3.8, 4) is 11.1 Å². The summed E-state index contributed by atoms with van der Waals surface area (Å²) in [7, 11) is 0. The van der Waals surface area contributed by atoms with Crippen molar-refractivity contribution in [2.45, 2.75) is 5.41 Å². The van der Waals surface area contributed by atoms with Gasteiger partial charge in [-0.1, -0.05) is 113 Å². The van der Waals surface area contributed by atoms with E-state index in [-0.39, 0.29) is 0 Å². The van der Waals surface area contributed by atoms with Gasteiger partial charge in [-0.25, -0.2) is 0 Å². The number of hydrogen-bond acceptors (Lipinski definition) is 1. The van der Waals surface area contributed by atoms with E-state index in [4.69, 9.17) is 4.42 Å². The molecule has 2 heteroatoms.